The Morgan fingerprint density at radius 2 is 1.91 bits per heavy atom. The minimum absolute atomic E-state index is 0.0745. The van der Waals surface area contributed by atoms with Crippen molar-refractivity contribution in [3.05, 3.63) is 58.3 Å². The van der Waals surface area contributed by atoms with E-state index in [9.17, 15) is 14.0 Å². The zero-order chi connectivity index (χ0) is 16.3. The number of carbonyl (C=O) groups excluding carboxylic acids is 1. The number of carbonyl (C=O) groups is 1. The minimum Gasteiger partial charge on any atom is -0.344 e. The molecule has 6 nitrogen and oxygen atoms in total. The number of nitrogens with one attached hydrogen (secondary N) is 1. The van der Waals surface area contributed by atoms with Crippen molar-refractivity contribution < 1.29 is 9.18 Å². The van der Waals surface area contributed by atoms with Gasteiger partial charge in [0.25, 0.3) is 11.5 Å². The summed E-state index contributed by atoms with van der Waals surface area (Å²) in [4.78, 5) is 24.0. The summed E-state index contributed by atoms with van der Waals surface area (Å²) in [5.74, 6) is -0.860. The molecule has 0 aliphatic heterocycles. The van der Waals surface area contributed by atoms with Crippen molar-refractivity contribution in [1.29, 1.82) is 0 Å². The summed E-state index contributed by atoms with van der Waals surface area (Å²) in [6.07, 6.45) is 0. The van der Waals surface area contributed by atoms with Crippen molar-refractivity contribution in [1.82, 2.24) is 15.1 Å². The number of hydrogen-bond acceptors (Lipinski definition) is 4. The van der Waals surface area contributed by atoms with Gasteiger partial charge in [-0.3, -0.25) is 9.59 Å². The molecule has 0 bridgehead atoms. The smallest absolute Gasteiger partial charge is 0.272 e. The fourth-order valence-electron chi connectivity index (χ4n) is 1.72. The second-order valence-corrected chi connectivity index (χ2v) is 5.49. The second-order valence-electron chi connectivity index (χ2n) is 5.49. The molecule has 0 atom stereocenters. The fourth-order valence-corrected chi connectivity index (χ4v) is 1.72. The summed E-state index contributed by atoms with van der Waals surface area (Å²) >= 11 is 0. The number of nitrogens with zero attached hydrogens (tertiary/aromatic N) is 2. The molecule has 0 spiro atoms. The van der Waals surface area contributed by atoms with Gasteiger partial charge in [0, 0.05) is 18.2 Å². The predicted octanol–water partition coefficient (Wildman–Crippen LogP) is 0.839. The molecule has 3 N–H and O–H groups in total. The van der Waals surface area contributed by atoms with Crippen LogP contribution in [0.1, 0.15) is 24.3 Å². The fraction of sp³-hybridized carbons (Fsp3) is 0.267. The van der Waals surface area contributed by atoms with Crippen molar-refractivity contribution in [2.45, 2.75) is 19.4 Å². The van der Waals surface area contributed by atoms with Crippen LogP contribution < -0.4 is 16.6 Å². The lowest BCUT2D eigenvalue weighted by atomic mass is 10.1. The molecule has 1 aromatic carbocycles. The number of nitrogens with two attached hydrogens (primary N) is 1. The molecule has 0 saturated carbocycles. The van der Waals surface area contributed by atoms with Gasteiger partial charge in [-0.1, -0.05) is 0 Å². The van der Waals surface area contributed by atoms with Gasteiger partial charge in [-0.15, -0.1) is 0 Å². The average Bonchev–Trinajstić information content (AvgIpc) is 2.48. The molecule has 22 heavy (non-hydrogen) atoms. The van der Waals surface area contributed by atoms with Crippen LogP contribution in [0.25, 0.3) is 5.69 Å². The SMILES string of the molecule is CC(C)(CN)NC(=O)c1ccc(=O)n(-c2ccc(F)cc2)n1. The number of aromatic nitrogens is 2. The highest BCUT2D eigenvalue weighted by Gasteiger charge is 2.20. The lowest BCUT2D eigenvalue weighted by molar-refractivity contribution is 0.0908. The Balaban J connectivity index is 2.37. The minimum atomic E-state index is -0.588. The molecule has 2 aromatic rings. The van der Waals surface area contributed by atoms with Crippen molar-refractivity contribution in [3.63, 3.8) is 0 Å². The van der Waals surface area contributed by atoms with E-state index in [1.54, 1.807) is 13.8 Å². The van der Waals surface area contributed by atoms with Crippen LogP contribution in [0.15, 0.2) is 41.2 Å². The summed E-state index contributed by atoms with van der Waals surface area (Å²) in [6.45, 7) is 3.82. The van der Waals surface area contributed by atoms with E-state index < -0.39 is 22.8 Å². The molecule has 116 valence electrons. The van der Waals surface area contributed by atoms with E-state index in [0.717, 1.165) is 4.68 Å². The average molecular weight is 304 g/mol. The molecule has 2 rings (SSSR count). The Kier molecular flexibility index (Phi) is 4.37. The van der Waals surface area contributed by atoms with E-state index in [1.807, 2.05) is 0 Å². The highest BCUT2D eigenvalue weighted by atomic mass is 19.1. The number of benzene rings is 1. The van der Waals surface area contributed by atoms with E-state index in [2.05, 4.69) is 10.4 Å². The van der Waals surface area contributed by atoms with E-state index in [1.165, 1.54) is 36.4 Å². The van der Waals surface area contributed by atoms with Gasteiger partial charge in [0.2, 0.25) is 0 Å². The van der Waals surface area contributed by atoms with Crippen LogP contribution in [0.3, 0.4) is 0 Å². The molecule has 1 amide bonds. The Morgan fingerprint density at radius 1 is 1.27 bits per heavy atom. The quantitative estimate of drug-likeness (QED) is 0.876. The van der Waals surface area contributed by atoms with Gasteiger partial charge < -0.3 is 11.1 Å². The number of halogens is 1. The van der Waals surface area contributed by atoms with Crippen LogP contribution in [0, 0.1) is 5.82 Å². The molecule has 7 heteroatoms. The van der Waals surface area contributed by atoms with E-state index in [0.29, 0.717) is 5.69 Å². The normalized spacial score (nSPS) is 11.3. The second kappa shape index (κ2) is 6.07. The molecule has 1 aromatic heterocycles. The number of hydrogen-bond donors (Lipinski definition) is 2. The summed E-state index contributed by atoms with van der Waals surface area (Å²) in [6, 6.07) is 7.83. The summed E-state index contributed by atoms with van der Waals surface area (Å²) in [5, 5.41) is 6.75. The monoisotopic (exact) mass is 304 g/mol. The van der Waals surface area contributed by atoms with Crippen molar-refractivity contribution in [2.75, 3.05) is 6.54 Å². The third kappa shape index (κ3) is 3.56. The van der Waals surface area contributed by atoms with Gasteiger partial charge in [-0.05, 0) is 44.2 Å². The van der Waals surface area contributed by atoms with Crippen molar-refractivity contribution >= 4 is 5.91 Å². The predicted molar refractivity (Wildman–Crippen MR) is 80.4 cm³/mol. The van der Waals surface area contributed by atoms with Gasteiger partial charge in [0.15, 0.2) is 0 Å². The first-order valence-corrected chi connectivity index (χ1v) is 6.71. The Morgan fingerprint density at radius 3 is 2.50 bits per heavy atom. The van der Waals surface area contributed by atoms with Crippen LogP contribution in [-0.4, -0.2) is 27.8 Å². The highest BCUT2D eigenvalue weighted by molar-refractivity contribution is 5.92. The van der Waals surface area contributed by atoms with Crippen LogP contribution in [0.4, 0.5) is 4.39 Å². The van der Waals surface area contributed by atoms with Gasteiger partial charge in [-0.2, -0.15) is 9.78 Å². The van der Waals surface area contributed by atoms with Crippen LogP contribution >= 0.6 is 0 Å². The molecule has 1 heterocycles. The van der Waals surface area contributed by atoms with Gasteiger partial charge in [0.05, 0.1) is 5.69 Å². The maximum atomic E-state index is 13.0. The van der Waals surface area contributed by atoms with E-state index in [-0.39, 0.29) is 12.2 Å². The molecule has 0 fully saturated rings. The van der Waals surface area contributed by atoms with Gasteiger partial charge in [0.1, 0.15) is 11.5 Å². The summed E-state index contributed by atoms with van der Waals surface area (Å²) in [7, 11) is 0. The molecule has 0 saturated heterocycles. The third-order valence-electron chi connectivity index (χ3n) is 3.07. The van der Waals surface area contributed by atoms with Crippen molar-refractivity contribution in [3.8, 4) is 5.69 Å². The highest BCUT2D eigenvalue weighted by Crippen LogP contribution is 2.07. The molecule has 0 radical (unpaired) electrons. The molecular weight excluding hydrogens is 287 g/mol. The standard InChI is InChI=1S/C15H17FN4O2/c1-15(2,9-17)18-14(22)12-7-8-13(21)20(19-12)11-5-3-10(16)4-6-11/h3-8H,9,17H2,1-2H3,(H,18,22). The lowest BCUT2D eigenvalue weighted by Gasteiger charge is -2.23. The van der Waals surface area contributed by atoms with Crippen LogP contribution in [-0.2, 0) is 0 Å². The summed E-state index contributed by atoms with van der Waals surface area (Å²) in [5.41, 5.74) is 5.01. The Bertz CT molecular complexity index is 738. The third-order valence-corrected chi connectivity index (χ3v) is 3.07. The first kappa shape index (κ1) is 15.8. The number of amides is 1. The zero-order valence-electron chi connectivity index (χ0n) is 12.3. The maximum Gasteiger partial charge on any atom is 0.272 e. The van der Waals surface area contributed by atoms with Crippen LogP contribution in [0.2, 0.25) is 0 Å². The molecule has 0 aliphatic rings. The largest absolute Gasteiger partial charge is 0.344 e. The first-order chi connectivity index (χ1) is 10.3. The topological polar surface area (TPSA) is 90.0 Å². The van der Waals surface area contributed by atoms with Gasteiger partial charge in [-0.25, -0.2) is 4.39 Å². The molecule has 0 unspecified atom stereocenters. The zero-order valence-corrected chi connectivity index (χ0v) is 12.3. The van der Waals surface area contributed by atoms with Crippen molar-refractivity contribution in [2.24, 2.45) is 5.73 Å². The first-order valence-electron chi connectivity index (χ1n) is 6.71. The Labute approximate surface area is 126 Å². The number of rotatable bonds is 4. The van der Waals surface area contributed by atoms with Gasteiger partial charge >= 0.3 is 0 Å². The summed E-state index contributed by atoms with van der Waals surface area (Å²) < 4.78 is 14.0. The van der Waals surface area contributed by atoms with E-state index in [4.69, 9.17) is 5.73 Å². The molecular formula is C15H17FN4O2. The Hall–Kier alpha value is -2.54. The van der Waals surface area contributed by atoms with Crippen LogP contribution in [0.5, 0.6) is 0 Å². The van der Waals surface area contributed by atoms with E-state index >= 15 is 0 Å². The molecule has 0 aliphatic carbocycles. The lowest BCUT2D eigenvalue weighted by Crippen LogP contribution is -2.49. The maximum absolute atomic E-state index is 13.0.